The Labute approximate surface area is 83.9 Å². The first-order chi connectivity index (χ1) is 6.74. The number of aryl methyl sites for hydroxylation is 1. The van der Waals surface area contributed by atoms with Crippen LogP contribution in [0.15, 0.2) is 12.3 Å². The molecule has 0 aromatic carbocycles. The normalized spacial score (nSPS) is 19.3. The lowest BCUT2D eigenvalue weighted by Crippen LogP contribution is -2.53. The van der Waals surface area contributed by atoms with Crippen LogP contribution in [0.1, 0.15) is 25.0 Å². The molecule has 4 heteroatoms. The first-order valence-corrected chi connectivity index (χ1v) is 5.09. The Morgan fingerprint density at radius 2 is 2.43 bits per heavy atom. The van der Waals surface area contributed by atoms with Gasteiger partial charge in [-0.3, -0.25) is 4.68 Å². The SMILES string of the molecule is Cn1ccc(CNC2(CO)CCC2)n1. The molecule has 1 aliphatic rings. The van der Waals surface area contributed by atoms with Crippen LogP contribution in [0.2, 0.25) is 0 Å². The van der Waals surface area contributed by atoms with Crippen molar-refractivity contribution >= 4 is 0 Å². The summed E-state index contributed by atoms with van der Waals surface area (Å²) in [5.41, 5.74) is 1.02. The standard InChI is InChI=1S/C10H17N3O/c1-13-6-3-9(12-13)7-11-10(8-14)4-2-5-10/h3,6,11,14H,2,4-5,7-8H2,1H3. The first kappa shape index (κ1) is 9.68. The number of rotatable bonds is 4. The van der Waals surface area contributed by atoms with E-state index in [-0.39, 0.29) is 12.1 Å². The molecular weight excluding hydrogens is 178 g/mol. The maximum atomic E-state index is 9.23. The molecule has 0 aliphatic heterocycles. The number of aliphatic hydroxyl groups excluding tert-OH is 1. The van der Waals surface area contributed by atoms with E-state index in [2.05, 4.69) is 10.4 Å². The Bertz CT molecular complexity index is 299. The zero-order chi connectivity index (χ0) is 10.0. The van der Waals surface area contributed by atoms with Gasteiger partial charge in [0, 0.05) is 25.3 Å². The van der Waals surface area contributed by atoms with Crippen molar-refractivity contribution in [1.29, 1.82) is 0 Å². The van der Waals surface area contributed by atoms with Gasteiger partial charge in [-0.1, -0.05) is 0 Å². The highest BCUT2D eigenvalue weighted by molar-refractivity contribution is 5.02. The fraction of sp³-hybridized carbons (Fsp3) is 0.700. The van der Waals surface area contributed by atoms with Gasteiger partial charge in [0.05, 0.1) is 12.3 Å². The predicted octanol–water partition coefficient (Wildman–Crippen LogP) is 0.425. The van der Waals surface area contributed by atoms with Gasteiger partial charge in [-0.2, -0.15) is 5.10 Å². The maximum Gasteiger partial charge on any atom is 0.0762 e. The van der Waals surface area contributed by atoms with Crippen molar-refractivity contribution in [3.63, 3.8) is 0 Å². The van der Waals surface area contributed by atoms with E-state index in [1.807, 2.05) is 19.3 Å². The van der Waals surface area contributed by atoms with Crippen molar-refractivity contribution < 1.29 is 5.11 Å². The largest absolute Gasteiger partial charge is 0.394 e. The van der Waals surface area contributed by atoms with Crippen LogP contribution in [0.4, 0.5) is 0 Å². The van der Waals surface area contributed by atoms with Crippen molar-refractivity contribution in [2.75, 3.05) is 6.61 Å². The average molecular weight is 195 g/mol. The smallest absolute Gasteiger partial charge is 0.0762 e. The van der Waals surface area contributed by atoms with E-state index in [1.54, 1.807) is 4.68 Å². The molecule has 1 aromatic heterocycles. The molecule has 1 aliphatic carbocycles. The van der Waals surface area contributed by atoms with Crippen LogP contribution in [-0.2, 0) is 13.6 Å². The van der Waals surface area contributed by atoms with Gasteiger partial charge in [0.2, 0.25) is 0 Å². The third-order valence-corrected chi connectivity index (χ3v) is 3.03. The van der Waals surface area contributed by atoms with E-state index in [0.29, 0.717) is 0 Å². The molecular formula is C10H17N3O. The Balaban J connectivity index is 1.87. The number of hydrogen-bond acceptors (Lipinski definition) is 3. The Morgan fingerprint density at radius 3 is 2.86 bits per heavy atom. The lowest BCUT2D eigenvalue weighted by atomic mass is 9.77. The second-order valence-electron chi connectivity index (χ2n) is 4.13. The summed E-state index contributed by atoms with van der Waals surface area (Å²) in [6.45, 7) is 0.987. The Hall–Kier alpha value is -0.870. The number of nitrogens with zero attached hydrogens (tertiary/aromatic N) is 2. The third kappa shape index (κ3) is 1.81. The predicted molar refractivity (Wildman–Crippen MR) is 53.7 cm³/mol. The number of nitrogens with one attached hydrogen (secondary N) is 1. The van der Waals surface area contributed by atoms with Crippen LogP contribution in [-0.4, -0.2) is 27.0 Å². The fourth-order valence-electron chi connectivity index (χ4n) is 1.83. The summed E-state index contributed by atoms with van der Waals surface area (Å²) in [5, 5.41) is 16.9. The van der Waals surface area contributed by atoms with Crippen LogP contribution >= 0.6 is 0 Å². The minimum atomic E-state index is -0.0163. The zero-order valence-electron chi connectivity index (χ0n) is 8.53. The lowest BCUT2D eigenvalue weighted by molar-refractivity contribution is 0.0868. The van der Waals surface area contributed by atoms with Gasteiger partial charge in [-0.15, -0.1) is 0 Å². The topological polar surface area (TPSA) is 50.1 Å². The zero-order valence-corrected chi connectivity index (χ0v) is 8.53. The van der Waals surface area contributed by atoms with E-state index < -0.39 is 0 Å². The van der Waals surface area contributed by atoms with E-state index in [1.165, 1.54) is 6.42 Å². The molecule has 1 saturated carbocycles. The maximum absolute atomic E-state index is 9.23. The molecule has 1 aromatic rings. The molecule has 0 radical (unpaired) electrons. The van der Waals surface area contributed by atoms with Crippen molar-refractivity contribution in [3.8, 4) is 0 Å². The van der Waals surface area contributed by atoms with Gasteiger partial charge >= 0.3 is 0 Å². The summed E-state index contributed by atoms with van der Waals surface area (Å²) >= 11 is 0. The lowest BCUT2D eigenvalue weighted by Gasteiger charge is -2.41. The van der Waals surface area contributed by atoms with Gasteiger partial charge in [0.15, 0.2) is 0 Å². The van der Waals surface area contributed by atoms with Crippen LogP contribution in [0.25, 0.3) is 0 Å². The fourth-order valence-corrected chi connectivity index (χ4v) is 1.83. The third-order valence-electron chi connectivity index (χ3n) is 3.03. The molecule has 0 bridgehead atoms. The van der Waals surface area contributed by atoms with Gasteiger partial charge in [0.1, 0.15) is 0 Å². The summed E-state index contributed by atoms with van der Waals surface area (Å²) in [4.78, 5) is 0. The minimum absolute atomic E-state index is 0.0163. The van der Waals surface area contributed by atoms with Gasteiger partial charge in [-0.25, -0.2) is 0 Å². The Kier molecular flexibility index (Phi) is 2.56. The van der Waals surface area contributed by atoms with Crippen molar-refractivity contribution in [2.45, 2.75) is 31.3 Å². The molecule has 0 saturated heterocycles. The molecule has 4 nitrogen and oxygen atoms in total. The summed E-state index contributed by atoms with van der Waals surface area (Å²) < 4.78 is 1.80. The van der Waals surface area contributed by atoms with Crippen LogP contribution in [0, 0.1) is 0 Å². The van der Waals surface area contributed by atoms with Gasteiger partial charge < -0.3 is 10.4 Å². The highest BCUT2D eigenvalue weighted by atomic mass is 16.3. The van der Waals surface area contributed by atoms with Crippen molar-refractivity contribution in [2.24, 2.45) is 7.05 Å². The van der Waals surface area contributed by atoms with Crippen LogP contribution in [0.5, 0.6) is 0 Å². The minimum Gasteiger partial charge on any atom is -0.394 e. The molecule has 78 valence electrons. The van der Waals surface area contributed by atoms with Crippen LogP contribution in [0.3, 0.4) is 0 Å². The molecule has 0 amide bonds. The van der Waals surface area contributed by atoms with E-state index in [9.17, 15) is 5.11 Å². The number of aliphatic hydroxyl groups is 1. The van der Waals surface area contributed by atoms with Crippen molar-refractivity contribution in [3.05, 3.63) is 18.0 Å². The summed E-state index contributed by atoms with van der Waals surface area (Å²) in [7, 11) is 1.91. The van der Waals surface area contributed by atoms with E-state index in [0.717, 1.165) is 25.1 Å². The summed E-state index contributed by atoms with van der Waals surface area (Å²) in [6.07, 6.45) is 5.31. The molecule has 1 heterocycles. The highest BCUT2D eigenvalue weighted by Crippen LogP contribution is 2.31. The number of hydrogen-bond donors (Lipinski definition) is 2. The quantitative estimate of drug-likeness (QED) is 0.732. The Morgan fingerprint density at radius 1 is 1.64 bits per heavy atom. The number of aromatic nitrogens is 2. The average Bonchev–Trinajstić information content (AvgIpc) is 2.50. The molecule has 2 N–H and O–H groups in total. The first-order valence-electron chi connectivity index (χ1n) is 5.09. The summed E-state index contributed by atoms with van der Waals surface area (Å²) in [5.74, 6) is 0. The summed E-state index contributed by atoms with van der Waals surface area (Å²) in [6, 6.07) is 2.00. The van der Waals surface area contributed by atoms with Crippen LogP contribution < -0.4 is 5.32 Å². The van der Waals surface area contributed by atoms with Gasteiger partial charge in [-0.05, 0) is 25.3 Å². The molecule has 2 rings (SSSR count). The molecule has 14 heavy (non-hydrogen) atoms. The highest BCUT2D eigenvalue weighted by Gasteiger charge is 2.35. The molecule has 0 unspecified atom stereocenters. The van der Waals surface area contributed by atoms with E-state index >= 15 is 0 Å². The van der Waals surface area contributed by atoms with E-state index in [4.69, 9.17) is 0 Å². The molecule has 1 fully saturated rings. The second kappa shape index (κ2) is 3.71. The molecule has 0 atom stereocenters. The monoisotopic (exact) mass is 195 g/mol. The van der Waals surface area contributed by atoms with Gasteiger partial charge in [0.25, 0.3) is 0 Å². The second-order valence-corrected chi connectivity index (χ2v) is 4.13. The van der Waals surface area contributed by atoms with Crippen molar-refractivity contribution in [1.82, 2.24) is 15.1 Å². The molecule has 0 spiro atoms.